The fourth-order valence-electron chi connectivity index (χ4n) is 2.46. The summed E-state index contributed by atoms with van der Waals surface area (Å²) in [7, 11) is 1.91. The molecule has 0 radical (unpaired) electrons. The van der Waals surface area contributed by atoms with E-state index in [0.29, 0.717) is 17.3 Å². The van der Waals surface area contributed by atoms with E-state index in [2.05, 4.69) is 10.1 Å². The Kier molecular flexibility index (Phi) is 3.44. The van der Waals surface area contributed by atoms with E-state index in [-0.39, 0.29) is 0 Å². The number of para-hydroxylation sites is 1. The summed E-state index contributed by atoms with van der Waals surface area (Å²) in [5, 5.41) is 5.11. The Labute approximate surface area is 126 Å². The van der Waals surface area contributed by atoms with E-state index < -0.39 is 0 Å². The molecule has 0 saturated carbocycles. The molecular formula is C14H14Cl2N4. The number of alkyl halides is 1. The molecule has 2 heterocycles. The molecular weight excluding hydrogens is 295 g/mol. The molecule has 0 unspecified atom stereocenters. The second-order valence-electron chi connectivity index (χ2n) is 4.64. The van der Waals surface area contributed by atoms with Crippen LogP contribution in [-0.4, -0.2) is 25.2 Å². The zero-order valence-electron chi connectivity index (χ0n) is 11.3. The first kappa shape index (κ1) is 13.5. The average molecular weight is 309 g/mol. The number of halogens is 2. The van der Waals surface area contributed by atoms with Crippen molar-refractivity contribution in [3.8, 4) is 5.69 Å². The molecule has 4 nitrogen and oxygen atoms in total. The summed E-state index contributed by atoms with van der Waals surface area (Å²) in [5.41, 5.74) is 3.65. The Morgan fingerprint density at radius 2 is 2.00 bits per heavy atom. The normalized spacial score (nSPS) is 11.4. The maximum absolute atomic E-state index is 6.34. The van der Waals surface area contributed by atoms with Crippen molar-refractivity contribution in [1.29, 1.82) is 0 Å². The van der Waals surface area contributed by atoms with Gasteiger partial charge in [0.1, 0.15) is 11.3 Å². The van der Waals surface area contributed by atoms with Crippen LogP contribution in [-0.2, 0) is 13.5 Å². The minimum absolute atomic E-state index is 0.514. The van der Waals surface area contributed by atoms with Gasteiger partial charge >= 0.3 is 0 Å². The van der Waals surface area contributed by atoms with Crippen LogP contribution in [0.5, 0.6) is 0 Å². The average Bonchev–Trinajstić information content (AvgIpc) is 2.90. The number of hydrogen-bond acceptors (Lipinski definition) is 2. The van der Waals surface area contributed by atoms with E-state index in [1.54, 1.807) is 0 Å². The van der Waals surface area contributed by atoms with E-state index in [1.807, 2.05) is 47.5 Å². The van der Waals surface area contributed by atoms with Gasteiger partial charge in [-0.15, -0.1) is 11.6 Å². The lowest BCUT2D eigenvalue weighted by molar-refractivity contribution is 0.751. The molecule has 1 aromatic carbocycles. The summed E-state index contributed by atoms with van der Waals surface area (Å²) in [4.78, 5) is 4.68. The first-order valence-electron chi connectivity index (χ1n) is 6.35. The molecule has 2 aromatic heterocycles. The van der Waals surface area contributed by atoms with Gasteiger partial charge in [0.15, 0.2) is 5.65 Å². The predicted octanol–water partition coefficient (Wildman–Crippen LogP) is 3.50. The molecule has 0 aliphatic carbocycles. The summed E-state index contributed by atoms with van der Waals surface area (Å²) < 4.78 is 3.87. The smallest absolute Gasteiger partial charge is 0.163 e. The number of fused-ring (bicyclic) bond motifs is 1. The van der Waals surface area contributed by atoms with Gasteiger partial charge in [-0.1, -0.05) is 23.7 Å². The molecule has 0 N–H and O–H groups in total. The van der Waals surface area contributed by atoms with Crippen molar-refractivity contribution >= 4 is 34.4 Å². The number of rotatable bonds is 3. The monoisotopic (exact) mass is 308 g/mol. The molecule has 0 saturated heterocycles. The van der Waals surface area contributed by atoms with Crippen molar-refractivity contribution in [3.63, 3.8) is 0 Å². The second-order valence-corrected chi connectivity index (χ2v) is 5.42. The van der Waals surface area contributed by atoms with Crippen LogP contribution in [0.15, 0.2) is 24.3 Å². The van der Waals surface area contributed by atoms with Crippen molar-refractivity contribution < 1.29 is 0 Å². The summed E-state index contributed by atoms with van der Waals surface area (Å²) >= 11 is 12.2. The minimum Gasteiger partial charge on any atom is -0.279 e. The molecule has 0 spiro atoms. The zero-order chi connectivity index (χ0) is 14.3. The molecule has 0 atom stereocenters. The van der Waals surface area contributed by atoms with Gasteiger partial charge in [0.25, 0.3) is 0 Å². The van der Waals surface area contributed by atoms with Crippen LogP contribution in [0.3, 0.4) is 0 Å². The van der Waals surface area contributed by atoms with Crippen LogP contribution >= 0.6 is 23.2 Å². The number of aromatic nitrogens is 4. The third kappa shape index (κ3) is 2.00. The van der Waals surface area contributed by atoms with Crippen LogP contribution in [0.1, 0.15) is 11.5 Å². The first-order valence-corrected chi connectivity index (χ1v) is 7.26. The largest absolute Gasteiger partial charge is 0.279 e. The predicted molar refractivity (Wildman–Crippen MR) is 82.0 cm³/mol. The van der Waals surface area contributed by atoms with E-state index in [4.69, 9.17) is 23.2 Å². The lowest BCUT2D eigenvalue weighted by Gasteiger charge is -2.10. The van der Waals surface area contributed by atoms with Gasteiger partial charge in [0.2, 0.25) is 0 Å². The summed E-state index contributed by atoms with van der Waals surface area (Å²) in [5.74, 6) is 1.42. The lowest BCUT2D eigenvalue weighted by Crippen LogP contribution is -2.06. The summed E-state index contributed by atoms with van der Waals surface area (Å²) in [6.45, 7) is 1.96. The van der Waals surface area contributed by atoms with Gasteiger partial charge in [-0.3, -0.25) is 4.57 Å². The SMILES string of the molecule is Cc1nn(C)c2c1nc(CCCl)n2-c1ccccc1Cl. The van der Waals surface area contributed by atoms with Crippen molar-refractivity contribution in [1.82, 2.24) is 19.3 Å². The molecule has 0 bridgehead atoms. The fraction of sp³-hybridized carbons (Fsp3) is 0.286. The van der Waals surface area contributed by atoms with E-state index >= 15 is 0 Å². The Bertz CT molecular complexity index is 773. The molecule has 0 fully saturated rings. The van der Waals surface area contributed by atoms with Crippen LogP contribution in [0.25, 0.3) is 16.9 Å². The quantitative estimate of drug-likeness (QED) is 0.694. The standard InChI is InChI=1S/C14H14Cl2N4/c1-9-13-14(19(2)18-9)20(12(17-13)7-8-15)11-6-4-3-5-10(11)16/h3-6H,7-8H2,1-2H3. The highest BCUT2D eigenvalue weighted by Crippen LogP contribution is 2.28. The number of benzene rings is 1. The van der Waals surface area contributed by atoms with Crippen molar-refractivity contribution in [2.75, 3.05) is 5.88 Å². The van der Waals surface area contributed by atoms with Crippen LogP contribution in [0.4, 0.5) is 0 Å². The minimum atomic E-state index is 0.514. The molecule has 3 rings (SSSR count). The number of imidazole rings is 1. The molecule has 0 aliphatic rings. The molecule has 0 amide bonds. The summed E-state index contributed by atoms with van der Waals surface area (Å²) in [6.07, 6.45) is 0.681. The summed E-state index contributed by atoms with van der Waals surface area (Å²) in [6, 6.07) is 7.72. The fourth-order valence-corrected chi connectivity index (χ4v) is 2.85. The van der Waals surface area contributed by atoms with Crippen LogP contribution in [0.2, 0.25) is 5.02 Å². The molecule has 20 heavy (non-hydrogen) atoms. The lowest BCUT2D eigenvalue weighted by atomic mass is 10.3. The number of nitrogens with zero attached hydrogens (tertiary/aromatic N) is 4. The first-order chi connectivity index (χ1) is 9.63. The highest BCUT2D eigenvalue weighted by atomic mass is 35.5. The highest BCUT2D eigenvalue weighted by molar-refractivity contribution is 6.32. The van der Waals surface area contributed by atoms with E-state index in [0.717, 1.165) is 28.4 Å². The molecule has 3 aromatic rings. The Morgan fingerprint density at radius 1 is 1.25 bits per heavy atom. The molecule has 6 heteroatoms. The van der Waals surface area contributed by atoms with Gasteiger partial charge in [-0.05, 0) is 19.1 Å². The maximum atomic E-state index is 6.34. The van der Waals surface area contributed by atoms with Gasteiger partial charge in [0, 0.05) is 19.3 Å². The highest BCUT2D eigenvalue weighted by Gasteiger charge is 2.19. The van der Waals surface area contributed by atoms with Crippen molar-refractivity contribution in [3.05, 3.63) is 40.8 Å². The van der Waals surface area contributed by atoms with Gasteiger partial charge in [-0.2, -0.15) is 5.10 Å². The third-order valence-corrected chi connectivity index (χ3v) is 3.79. The van der Waals surface area contributed by atoms with Crippen LogP contribution in [0, 0.1) is 6.92 Å². The Morgan fingerprint density at radius 3 is 2.70 bits per heavy atom. The van der Waals surface area contributed by atoms with E-state index in [1.165, 1.54) is 0 Å². The van der Waals surface area contributed by atoms with Crippen molar-refractivity contribution in [2.24, 2.45) is 7.05 Å². The van der Waals surface area contributed by atoms with E-state index in [9.17, 15) is 0 Å². The van der Waals surface area contributed by atoms with Gasteiger partial charge in [-0.25, -0.2) is 9.67 Å². The second kappa shape index (κ2) is 5.11. The molecule has 104 valence electrons. The van der Waals surface area contributed by atoms with Gasteiger partial charge < -0.3 is 0 Å². The third-order valence-electron chi connectivity index (χ3n) is 3.28. The van der Waals surface area contributed by atoms with Gasteiger partial charge in [0.05, 0.1) is 16.4 Å². The zero-order valence-corrected chi connectivity index (χ0v) is 12.8. The number of aryl methyl sites for hydroxylation is 3. The topological polar surface area (TPSA) is 35.6 Å². The Hall–Kier alpha value is -1.52. The number of hydrogen-bond donors (Lipinski definition) is 0. The van der Waals surface area contributed by atoms with Crippen LogP contribution < -0.4 is 0 Å². The maximum Gasteiger partial charge on any atom is 0.163 e. The molecule has 0 aliphatic heterocycles. The Balaban J connectivity index is 2.37. The van der Waals surface area contributed by atoms with Crippen molar-refractivity contribution in [2.45, 2.75) is 13.3 Å².